The number of rotatable bonds is 2. The van der Waals surface area contributed by atoms with E-state index in [-0.39, 0.29) is 5.91 Å². The monoisotopic (exact) mass is 144 g/mol. The molecule has 1 amide bonds. The molecule has 0 spiro atoms. The van der Waals surface area contributed by atoms with Gasteiger partial charge in [-0.25, -0.2) is 9.90 Å². The number of amides is 1. The molecule has 0 aliphatic carbocycles. The summed E-state index contributed by atoms with van der Waals surface area (Å²) in [6.45, 7) is 2.70. The van der Waals surface area contributed by atoms with E-state index < -0.39 is 12.0 Å². The SMILES string of the molecule is CC(=O)N(C)C(C)C([O])=O. The highest BCUT2D eigenvalue weighted by Crippen LogP contribution is 1.94. The predicted molar refractivity (Wildman–Crippen MR) is 33.6 cm³/mol. The second-order valence-corrected chi connectivity index (χ2v) is 2.12. The zero-order valence-electron chi connectivity index (χ0n) is 6.25. The molecule has 4 nitrogen and oxygen atoms in total. The van der Waals surface area contributed by atoms with Gasteiger partial charge in [-0.1, -0.05) is 0 Å². The van der Waals surface area contributed by atoms with Crippen molar-refractivity contribution in [2.45, 2.75) is 19.9 Å². The normalized spacial score (nSPS) is 12.3. The highest BCUT2D eigenvalue weighted by atomic mass is 16.4. The Bertz CT molecular complexity index is 137. The molecule has 0 aromatic carbocycles. The Kier molecular flexibility index (Phi) is 2.86. The van der Waals surface area contributed by atoms with Gasteiger partial charge in [-0.3, -0.25) is 4.79 Å². The molecule has 10 heavy (non-hydrogen) atoms. The maximum Gasteiger partial charge on any atom is 0.377 e. The van der Waals surface area contributed by atoms with Gasteiger partial charge in [0.1, 0.15) is 6.04 Å². The first-order valence-electron chi connectivity index (χ1n) is 2.91. The van der Waals surface area contributed by atoms with Crippen molar-refractivity contribution in [3.8, 4) is 0 Å². The van der Waals surface area contributed by atoms with Crippen molar-refractivity contribution in [1.82, 2.24) is 4.90 Å². The Balaban J connectivity index is 4.07. The molecule has 57 valence electrons. The lowest BCUT2D eigenvalue weighted by Gasteiger charge is -2.17. The van der Waals surface area contributed by atoms with Crippen molar-refractivity contribution >= 4 is 11.9 Å². The van der Waals surface area contributed by atoms with Gasteiger partial charge in [0.25, 0.3) is 0 Å². The van der Waals surface area contributed by atoms with E-state index in [1.807, 2.05) is 0 Å². The molecule has 0 heterocycles. The van der Waals surface area contributed by atoms with Gasteiger partial charge in [-0.2, -0.15) is 0 Å². The van der Waals surface area contributed by atoms with Gasteiger partial charge in [0.05, 0.1) is 0 Å². The first-order chi connectivity index (χ1) is 4.46. The molecular formula is C6H10NO3. The van der Waals surface area contributed by atoms with Crippen LogP contribution >= 0.6 is 0 Å². The van der Waals surface area contributed by atoms with Crippen LogP contribution in [0.4, 0.5) is 0 Å². The third-order valence-electron chi connectivity index (χ3n) is 1.42. The zero-order chi connectivity index (χ0) is 8.31. The highest BCUT2D eigenvalue weighted by molar-refractivity contribution is 5.81. The molecule has 0 N–H and O–H groups in total. The number of carbonyl (C=O) groups is 2. The summed E-state index contributed by atoms with van der Waals surface area (Å²) in [6.07, 6.45) is 0. The smallest absolute Gasteiger partial charge is 0.332 e. The molecule has 1 atom stereocenters. The van der Waals surface area contributed by atoms with Gasteiger partial charge in [0, 0.05) is 14.0 Å². The summed E-state index contributed by atoms with van der Waals surface area (Å²) in [4.78, 5) is 21.8. The van der Waals surface area contributed by atoms with E-state index in [0.29, 0.717) is 0 Å². The van der Waals surface area contributed by atoms with Crippen molar-refractivity contribution in [3.05, 3.63) is 0 Å². The van der Waals surface area contributed by atoms with E-state index >= 15 is 0 Å². The van der Waals surface area contributed by atoms with Gasteiger partial charge in [-0.15, -0.1) is 0 Å². The summed E-state index contributed by atoms with van der Waals surface area (Å²) in [5, 5.41) is 10.1. The molecular weight excluding hydrogens is 134 g/mol. The van der Waals surface area contributed by atoms with E-state index in [2.05, 4.69) is 0 Å². The molecule has 0 aliphatic rings. The zero-order valence-corrected chi connectivity index (χ0v) is 6.25. The maximum absolute atomic E-state index is 10.5. The second-order valence-electron chi connectivity index (χ2n) is 2.12. The van der Waals surface area contributed by atoms with Crippen LogP contribution in [0.15, 0.2) is 0 Å². The van der Waals surface area contributed by atoms with Crippen molar-refractivity contribution in [2.24, 2.45) is 0 Å². The molecule has 0 aromatic heterocycles. The molecule has 0 bridgehead atoms. The molecule has 1 unspecified atom stereocenters. The van der Waals surface area contributed by atoms with Gasteiger partial charge in [0.15, 0.2) is 0 Å². The lowest BCUT2D eigenvalue weighted by Crippen LogP contribution is -2.38. The topological polar surface area (TPSA) is 57.3 Å². The third-order valence-corrected chi connectivity index (χ3v) is 1.42. The summed E-state index contributed by atoms with van der Waals surface area (Å²) in [5.74, 6) is -1.52. The average molecular weight is 144 g/mol. The minimum absolute atomic E-state index is 0.281. The van der Waals surface area contributed by atoms with E-state index in [9.17, 15) is 14.7 Å². The Morgan fingerprint density at radius 3 is 1.90 bits per heavy atom. The summed E-state index contributed by atoms with van der Waals surface area (Å²) in [6, 6.07) is -0.850. The first kappa shape index (κ1) is 8.94. The predicted octanol–water partition coefficient (Wildman–Crippen LogP) is -0.190. The molecule has 0 aromatic rings. The van der Waals surface area contributed by atoms with Crippen LogP contribution in [0.5, 0.6) is 0 Å². The molecule has 0 fully saturated rings. The number of nitrogens with zero attached hydrogens (tertiary/aromatic N) is 1. The Labute approximate surface area is 59.4 Å². The maximum atomic E-state index is 10.5. The molecule has 0 saturated heterocycles. The van der Waals surface area contributed by atoms with Crippen LogP contribution in [0.1, 0.15) is 13.8 Å². The Morgan fingerprint density at radius 1 is 1.40 bits per heavy atom. The number of hydrogen-bond donors (Lipinski definition) is 0. The number of hydrogen-bond acceptors (Lipinski definition) is 2. The van der Waals surface area contributed by atoms with Crippen LogP contribution < -0.4 is 0 Å². The van der Waals surface area contributed by atoms with Gasteiger partial charge < -0.3 is 4.90 Å². The quantitative estimate of drug-likeness (QED) is 0.539. The van der Waals surface area contributed by atoms with Crippen molar-refractivity contribution in [1.29, 1.82) is 0 Å². The summed E-state index contributed by atoms with van der Waals surface area (Å²) in [5.41, 5.74) is 0. The van der Waals surface area contributed by atoms with Crippen LogP contribution in [0.3, 0.4) is 0 Å². The van der Waals surface area contributed by atoms with E-state index in [0.717, 1.165) is 4.90 Å². The van der Waals surface area contributed by atoms with Crippen LogP contribution in [0.2, 0.25) is 0 Å². The summed E-state index contributed by atoms with van der Waals surface area (Å²) in [7, 11) is 1.42. The highest BCUT2D eigenvalue weighted by Gasteiger charge is 2.19. The Morgan fingerprint density at radius 2 is 1.80 bits per heavy atom. The molecule has 0 aliphatic heterocycles. The van der Waals surface area contributed by atoms with Gasteiger partial charge in [-0.05, 0) is 6.92 Å². The minimum Gasteiger partial charge on any atom is -0.332 e. The van der Waals surface area contributed by atoms with E-state index in [4.69, 9.17) is 0 Å². The van der Waals surface area contributed by atoms with Crippen LogP contribution in [0.25, 0.3) is 0 Å². The molecule has 1 radical (unpaired) electrons. The van der Waals surface area contributed by atoms with Crippen molar-refractivity contribution in [3.63, 3.8) is 0 Å². The number of carbonyl (C=O) groups excluding carboxylic acids is 2. The van der Waals surface area contributed by atoms with E-state index in [1.54, 1.807) is 0 Å². The van der Waals surface area contributed by atoms with E-state index in [1.165, 1.54) is 20.9 Å². The summed E-state index contributed by atoms with van der Waals surface area (Å²) < 4.78 is 0. The fourth-order valence-corrected chi connectivity index (χ4v) is 0.431. The van der Waals surface area contributed by atoms with Crippen molar-refractivity contribution < 1.29 is 14.7 Å². The standard InChI is InChI=1S/C6H10NO3/c1-4(6(9)10)7(3)5(2)8/h4H,1-3H3. The minimum atomic E-state index is -1.24. The van der Waals surface area contributed by atoms with Crippen LogP contribution in [-0.2, 0) is 14.7 Å². The lowest BCUT2D eigenvalue weighted by atomic mass is 10.3. The van der Waals surface area contributed by atoms with Crippen molar-refractivity contribution in [2.75, 3.05) is 7.05 Å². The second kappa shape index (κ2) is 3.20. The van der Waals surface area contributed by atoms with Gasteiger partial charge >= 0.3 is 5.97 Å². The summed E-state index contributed by atoms with van der Waals surface area (Å²) >= 11 is 0. The third kappa shape index (κ3) is 2.05. The molecule has 4 heteroatoms. The lowest BCUT2D eigenvalue weighted by molar-refractivity contribution is -0.152. The molecule has 0 rings (SSSR count). The van der Waals surface area contributed by atoms with Crippen LogP contribution in [0, 0.1) is 0 Å². The fourth-order valence-electron chi connectivity index (χ4n) is 0.431. The van der Waals surface area contributed by atoms with Crippen LogP contribution in [-0.4, -0.2) is 29.9 Å². The largest absolute Gasteiger partial charge is 0.377 e. The fraction of sp³-hybridized carbons (Fsp3) is 0.667. The Hall–Kier alpha value is -1.06. The number of likely N-dealkylation sites (N-methyl/N-ethyl adjacent to an activating group) is 1. The first-order valence-corrected chi connectivity index (χ1v) is 2.91. The van der Waals surface area contributed by atoms with Gasteiger partial charge in [0.2, 0.25) is 5.91 Å². The average Bonchev–Trinajstić information content (AvgIpc) is 1.84. The molecule has 0 saturated carbocycles.